The number of benzene rings is 2. The molecule has 0 radical (unpaired) electrons. The Morgan fingerprint density at radius 2 is 1.04 bits per heavy atom. The Bertz CT molecular complexity index is 891. The molecule has 4 rings (SSSR count). The van der Waals surface area contributed by atoms with Gasteiger partial charge in [0.2, 0.25) is 0 Å². The van der Waals surface area contributed by atoms with Crippen LogP contribution in [0.5, 0.6) is 0 Å². The molecule has 0 saturated heterocycles. The summed E-state index contributed by atoms with van der Waals surface area (Å²) in [5.74, 6) is 0. The fraction of sp³-hybridized carbons (Fsp3) is 0. The molecule has 0 amide bonds. The zero-order valence-corrected chi connectivity index (χ0v) is 12.8. The Labute approximate surface area is 138 Å². The van der Waals surface area contributed by atoms with Gasteiger partial charge in [-0.1, -0.05) is 60.7 Å². The average Bonchev–Trinajstić information content (AvgIpc) is 3.33. The molecule has 5 heteroatoms. The summed E-state index contributed by atoms with van der Waals surface area (Å²) in [6.07, 6.45) is 3.29. The highest BCUT2D eigenvalue weighted by molar-refractivity contribution is 5.79. The van der Waals surface area contributed by atoms with Gasteiger partial charge in [-0.3, -0.25) is 0 Å². The maximum atomic E-state index is 12.5. The summed E-state index contributed by atoms with van der Waals surface area (Å²) in [6, 6.07) is 22.8. The van der Waals surface area contributed by atoms with Crippen LogP contribution in [0.3, 0.4) is 0 Å². The lowest BCUT2D eigenvalue weighted by Crippen LogP contribution is -2.20. The first kappa shape index (κ1) is 14.1. The third-order valence-electron chi connectivity index (χ3n) is 3.71. The zero-order chi connectivity index (χ0) is 16.4. The van der Waals surface area contributed by atoms with Crippen molar-refractivity contribution in [2.45, 2.75) is 0 Å². The Morgan fingerprint density at radius 1 is 0.625 bits per heavy atom. The van der Waals surface area contributed by atoms with Crippen LogP contribution in [0.1, 0.15) is 0 Å². The van der Waals surface area contributed by atoms with E-state index in [9.17, 15) is 4.79 Å². The lowest BCUT2D eigenvalue weighted by Gasteiger charge is -2.00. The predicted octanol–water partition coefficient (Wildman–Crippen LogP) is 3.93. The van der Waals surface area contributed by atoms with Crippen LogP contribution in [0.25, 0.3) is 22.5 Å². The summed E-state index contributed by atoms with van der Waals surface area (Å²) in [6.45, 7) is 0. The first-order valence-electron chi connectivity index (χ1n) is 7.58. The Morgan fingerprint density at radius 3 is 1.46 bits per heavy atom. The molecule has 0 N–H and O–H groups in total. The minimum Gasteiger partial charge on any atom is -0.244 e. The molecule has 116 valence electrons. The molecule has 0 unspecified atom stereocenters. The van der Waals surface area contributed by atoms with E-state index in [1.54, 1.807) is 12.4 Å². The normalized spacial score (nSPS) is 10.7. The average molecular weight is 314 g/mol. The molecular weight excluding hydrogens is 300 g/mol. The molecule has 2 aromatic carbocycles. The van der Waals surface area contributed by atoms with Crippen molar-refractivity contribution >= 4 is 6.03 Å². The molecule has 0 aliphatic rings. The molecule has 5 nitrogen and oxygen atoms in total. The lowest BCUT2D eigenvalue weighted by atomic mass is 10.2. The van der Waals surface area contributed by atoms with E-state index in [1.807, 2.05) is 72.8 Å². The molecule has 2 heterocycles. The molecule has 0 bridgehead atoms. The van der Waals surface area contributed by atoms with Crippen LogP contribution in [-0.2, 0) is 0 Å². The van der Waals surface area contributed by atoms with Gasteiger partial charge in [0.25, 0.3) is 0 Å². The molecular formula is C19H14N4O. The quantitative estimate of drug-likeness (QED) is 0.563. The van der Waals surface area contributed by atoms with Gasteiger partial charge in [-0.2, -0.15) is 19.6 Å². The first-order chi connectivity index (χ1) is 11.8. The summed E-state index contributed by atoms with van der Waals surface area (Å²) in [5, 5.41) is 8.69. The highest BCUT2D eigenvalue weighted by atomic mass is 16.2. The summed E-state index contributed by atoms with van der Waals surface area (Å²) < 4.78 is 2.59. The largest absolute Gasteiger partial charge is 0.369 e. The second-order valence-electron chi connectivity index (χ2n) is 5.31. The number of hydrogen-bond acceptors (Lipinski definition) is 3. The van der Waals surface area contributed by atoms with Gasteiger partial charge in [-0.25, -0.2) is 4.79 Å². The molecule has 0 spiro atoms. The van der Waals surface area contributed by atoms with E-state index >= 15 is 0 Å². The van der Waals surface area contributed by atoms with E-state index in [0.29, 0.717) is 0 Å². The van der Waals surface area contributed by atoms with Crippen LogP contribution >= 0.6 is 0 Å². The van der Waals surface area contributed by atoms with Crippen molar-refractivity contribution in [3.63, 3.8) is 0 Å². The van der Waals surface area contributed by atoms with E-state index in [4.69, 9.17) is 0 Å². The number of aromatic nitrogens is 4. The van der Waals surface area contributed by atoms with E-state index in [0.717, 1.165) is 22.5 Å². The van der Waals surface area contributed by atoms with Crippen LogP contribution in [-0.4, -0.2) is 25.6 Å². The van der Waals surface area contributed by atoms with Crippen LogP contribution in [0, 0.1) is 0 Å². The van der Waals surface area contributed by atoms with Crippen molar-refractivity contribution in [1.82, 2.24) is 19.6 Å². The maximum Gasteiger partial charge on any atom is 0.369 e. The SMILES string of the molecule is O=C(n1ccc(-c2ccccc2)n1)n1ccc(-c2ccccc2)n1. The lowest BCUT2D eigenvalue weighted by molar-refractivity contribution is 0.238. The van der Waals surface area contributed by atoms with Gasteiger partial charge in [0, 0.05) is 23.5 Å². The van der Waals surface area contributed by atoms with Gasteiger partial charge in [0.05, 0.1) is 11.4 Å². The van der Waals surface area contributed by atoms with Crippen LogP contribution in [0.2, 0.25) is 0 Å². The molecule has 24 heavy (non-hydrogen) atoms. The topological polar surface area (TPSA) is 52.7 Å². The van der Waals surface area contributed by atoms with Crippen LogP contribution in [0.15, 0.2) is 85.2 Å². The van der Waals surface area contributed by atoms with Gasteiger partial charge in [0.15, 0.2) is 0 Å². The van der Waals surface area contributed by atoms with E-state index in [-0.39, 0.29) is 6.03 Å². The Balaban J connectivity index is 1.61. The van der Waals surface area contributed by atoms with Gasteiger partial charge >= 0.3 is 6.03 Å². The number of hydrogen-bond donors (Lipinski definition) is 0. The molecule has 0 saturated carbocycles. The number of carbonyl (C=O) groups excluding carboxylic acids is 1. The van der Waals surface area contributed by atoms with Crippen molar-refractivity contribution in [1.29, 1.82) is 0 Å². The maximum absolute atomic E-state index is 12.5. The predicted molar refractivity (Wildman–Crippen MR) is 91.5 cm³/mol. The third kappa shape index (κ3) is 2.63. The van der Waals surface area contributed by atoms with E-state index < -0.39 is 0 Å². The summed E-state index contributed by atoms with van der Waals surface area (Å²) in [5.41, 5.74) is 3.43. The summed E-state index contributed by atoms with van der Waals surface area (Å²) >= 11 is 0. The van der Waals surface area contributed by atoms with Crippen molar-refractivity contribution in [3.05, 3.63) is 85.2 Å². The molecule has 2 aromatic heterocycles. The third-order valence-corrected chi connectivity index (χ3v) is 3.71. The fourth-order valence-electron chi connectivity index (χ4n) is 2.49. The number of rotatable bonds is 2. The zero-order valence-electron chi connectivity index (χ0n) is 12.8. The number of nitrogens with zero attached hydrogens (tertiary/aromatic N) is 4. The molecule has 0 aliphatic carbocycles. The van der Waals surface area contributed by atoms with E-state index in [2.05, 4.69) is 10.2 Å². The fourth-order valence-corrected chi connectivity index (χ4v) is 2.49. The van der Waals surface area contributed by atoms with Gasteiger partial charge in [-0.05, 0) is 12.1 Å². The summed E-state index contributed by atoms with van der Waals surface area (Å²) in [4.78, 5) is 12.5. The summed E-state index contributed by atoms with van der Waals surface area (Å²) in [7, 11) is 0. The standard InChI is InChI=1S/C19H14N4O/c24-19(22-13-11-17(20-22)15-7-3-1-4-8-15)23-14-12-18(21-23)16-9-5-2-6-10-16/h1-14H. The molecule has 4 aromatic rings. The van der Waals surface area contributed by atoms with Gasteiger partial charge in [-0.15, -0.1) is 0 Å². The van der Waals surface area contributed by atoms with Crippen LogP contribution < -0.4 is 0 Å². The van der Waals surface area contributed by atoms with Crippen molar-refractivity contribution in [3.8, 4) is 22.5 Å². The second kappa shape index (κ2) is 5.96. The minimum atomic E-state index is -0.320. The molecule has 0 aliphatic heterocycles. The first-order valence-corrected chi connectivity index (χ1v) is 7.58. The minimum absolute atomic E-state index is 0.320. The van der Waals surface area contributed by atoms with Crippen molar-refractivity contribution in [2.75, 3.05) is 0 Å². The van der Waals surface area contributed by atoms with Crippen molar-refractivity contribution in [2.24, 2.45) is 0 Å². The monoisotopic (exact) mass is 314 g/mol. The smallest absolute Gasteiger partial charge is 0.244 e. The van der Waals surface area contributed by atoms with Crippen molar-refractivity contribution < 1.29 is 4.79 Å². The highest BCUT2D eigenvalue weighted by Gasteiger charge is 2.12. The highest BCUT2D eigenvalue weighted by Crippen LogP contribution is 2.17. The Hall–Kier alpha value is -3.47. The number of carbonyl (C=O) groups is 1. The van der Waals surface area contributed by atoms with E-state index in [1.165, 1.54) is 9.36 Å². The second-order valence-corrected chi connectivity index (χ2v) is 5.31. The van der Waals surface area contributed by atoms with Gasteiger partial charge < -0.3 is 0 Å². The molecule has 0 atom stereocenters. The van der Waals surface area contributed by atoms with Crippen LogP contribution in [0.4, 0.5) is 4.79 Å². The Kier molecular flexibility index (Phi) is 3.51. The van der Waals surface area contributed by atoms with Gasteiger partial charge in [0.1, 0.15) is 0 Å². The molecule has 0 fully saturated rings.